The van der Waals surface area contributed by atoms with Crippen molar-refractivity contribution in [2.24, 2.45) is 0 Å². The molecule has 2 rings (SSSR count). The fraction of sp³-hybridized carbons (Fsp3) is 0.231. The molecule has 2 aromatic rings. The van der Waals surface area contributed by atoms with Gasteiger partial charge in [-0.15, -0.1) is 11.3 Å². The molecule has 1 aromatic carbocycles. The number of hydrogen-bond acceptors (Lipinski definition) is 3. The average Bonchev–Trinajstić information content (AvgIpc) is 2.72. The number of aromatic hydroxyl groups is 1. The fourth-order valence-electron chi connectivity index (χ4n) is 1.63. The van der Waals surface area contributed by atoms with E-state index in [1.165, 1.54) is 9.75 Å². The number of aryl methyl sites for hydroxylation is 1. The van der Waals surface area contributed by atoms with E-state index in [1.54, 1.807) is 0 Å². The van der Waals surface area contributed by atoms with E-state index >= 15 is 0 Å². The summed E-state index contributed by atoms with van der Waals surface area (Å²) in [5.41, 5.74) is 1.12. The minimum Gasteiger partial charge on any atom is -0.506 e. The zero-order valence-electron chi connectivity index (χ0n) is 9.84. The number of phenolic OH excluding ortho intramolecular Hbond substituents is 1. The molecule has 0 aliphatic rings. The lowest BCUT2D eigenvalue weighted by Crippen LogP contribution is -2.11. The van der Waals surface area contributed by atoms with Gasteiger partial charge in [0, 0.05) is 22.8 Å². The van der Waals surface area contributed by atoms with E-state index < -0.39 is 0 Å². The number of phenols is 1. The van der Waals surface area contributed by atoms with Crippen molar-refractivity contribution in [1.29, 1.82) is 0 Å². The topological polar surface area (TPSA) is 32.3 Å². The number of halogens is 2. The first-order valence-electron chi connectivity index (χ1n) is 5.49. The van der Waals surface area contributed by atoms with Crippen LogP contribution in [0.5, 0.6) is 5.75 Å². The monoisotopic (exact) mass is 389 g/mol. The lowest BCUT2D eigenvalue weighted by Gasteiger charge is -2.07. The van der Waals surface area contributed by atoms with Crippen molar-refractivity contribution >= 4 is 43.2 Å². The van der Waals surface area contributed by atoms with Crippen molar-refractivity contribution in [3.63, 3.8) is 0 Å². The largest absolute Gasteiger partial charge is 0.506 e. The molecular formula is C13H13Br2NOS. The predicted molar refractivity (Wildman–Crippen MR) is 83.1 cm³/mol. The zero-order valence-corrected chi connectivity index (χ0v) is 13.8. The van der Waals surface area contributed by atoms with Gasteiger partial charge < -0.3 is 10.4 Å². The first-order valence-corrected chi connectivity index (χ1v) is 7.89. The van der Waals surface area contributed by atoms with Crippen molar-refractivity contribution in [3.8, 4) is 5.75 Å². The molecule has 0 unspecified atom stereocenters. The average molecular weight is 391 g/mol. The summed E-state index contributed by atoms with van der Waals surface area (Å²) in [6.45, 7) is 3.76. The Morgan fingerprint density at radius 1 is 1.17 bits per heavy atom. The van der Waals surface area contributed by atoms with Gasteiger partial charge in [0.2, 0.25) is 0 Å². The molecule has 0 bridgehead atoms. The molecule has 0 spiro atoms. The van der Waals surface area contributed by atoms with Gasteiger partial charge in [0.15, 0.2) is 0 Å². The van der Waals surface area contributed by atoms with Gasteiger partial charge in [-0.1, -0.05) is 0 Å². The summed E-state index contributed by atoms with van der Waals surface area (Å²) >= 11 is 8.47. The van der Waals surface area contributed by atoms with Crippen LogP contribution in [0.2, 0.25) is 0 Å². The summed E-state index contributed by atoms with van der Waals surface area (Å²) in [5, 5.41) is 13.0. The van der Waals surface area contributed by atoms with E-state index in [-0.39, 0.29) is 5.75 Å². The maximum Gasteiger partial charge on any atom is 0.143 e. The second kappa shape index (κ2) is 6.19. The molecule has 0 amide bonds. The van der Waals surface area contributed by atoms with Crippen LogP contribution >= 0.6 is 43.2 Å². The first-order chi connectivity index (χ1) is 8.56. The van der Waals surface area contributed by atoms with Crippen molar-refractivity contribution in [2.45, 2.75) is 20.0 Å². The molecule has 1 heterocycles. The van der Waals surface area contributed by atoms with Crippen molar-refractivity contribution < 1.29 is 5.11 Å². The summed E-state index contributed by atoms with van der Waals surface area (Å²) in [6, 6.07) is 8.13. The molecule has 2 N–H and O–H groups in total. The Labute approximate surface area is 127 Å². The van der Waals surface area contributed by atoms with Gasteiger partial charge in [-0.05, 0) is 68.6 Å². The molecule has 0 fully saturated rings. The standard InChI is InChI=1S/C13H13Br2NOS/c1-8-2-3-10(18-8)7-16-6-9-4-11(14)13(17)12(15)5-9/h2-5,16-17H,6-7H2,1H3. The van der Waals surface area contributed by atoms with Crippen LogP contribution in [0.3, 0.4) is 0 Å². The van der Waals surface area contributed by atoms with Gasteiger partial charge in [-0.3, -0.25) is 0 Å². The van der Waals surface area contributed by atoms with Gasteiger partial charge in [-0.25, -0.2) is 0 Å². The Morgan fingerprint density at radius 3 is 2.39 bits per heavy atom. The maximum atomic E-state index is 9.62. The smallest absolute Gasteiger partial charge is 0.143 e. The zero-order chi connectivity index (χ0) is 13.1. The summed E-state index contributed by atoms with van der Waals surface area (Å²) in [4.78, 5) is 2.67. The summed E-state index contributed by atoms with van der Waals surface area (Å²) in [6.07, 6.45) is 0. The molecule has 0 radical (unpaired) electrons. The van der Waals surface area contributed by atoms with E-state index in [2.05, 4.69) is 56.2 Å². The van der Waals surface area contributed by atoms with Gasteiger partial charge in [-0.2, -0.15) is 0 Å². The highest BCUT2D eigenvalue weighted by atomic mass is 79.9. The molecular weight excluding hydrogens is 378 g/mol. The van der Waals surface area contributed by atoms with E-state index in [0.29, 0.717) is 8.95 Å². The Kier molecular flexibility index (Phi) is 4.84. The molecule has 0 atom stereocenters. The van der Waals surface area contributed by atoms with Crippen LogP contribution in [-0.2, 0) is 13.1 Å². The molecule has 2 nitrogen and oxygen atoms in total. The highest BCUT2D eigenvalue weighted by molar-refractivity contribution is 9.11. The van der Waals surface area contributed by atoms with Crippen LogP contribution in [0.4, 0.5) is 0 Å². The molecule has 96 valence electrons. The van der Waals surface area contributed by atoms with E-state index in [0.717, 1.165) is 18.7 Å². The first kappa shape index (κ1) is 14.1. The normalized spacial score (nSPS) is 10.8. The number of nitrogens with one attached hydrogen (secondary N) is 1. The molecule has 0 saturated heterocycles. The molecule has 0 saturated carbocycles. The quantitative estimate of drug-likeness (QED) is 0.800. The van der Waals surface area contributed by atoms with Crippen LogP contribution in [0.15, 0.2) is 33.2 Å². The summed E-state index contributed by atoms with van der Waals surface area (Å²) in [5.74, 6) is 0.243. The Morgan fingerprint density at radius 2 is 1.83 bits per heavy atom. The van der Waals surface area contributed by atoms with Gasteiger partial charge in [0.05, 0.1) is 8.95 Å². The van der Waals surface area contributed by atoms with E-state index in [4.69, 9.17) is 0 Å². The number of benzene rings is 1. The van der Waals surface area contributed by atoms with Crippen LogP contribution in [-0.4, -0.2) is 5.11 Å². The minimum atomic E-state index is 0.243. The Bertz CT molecular complexity index is 531. The lowest BCUT2D eigenvalue weighted by molar-refractivity contribution is 0.468. The van der Waals surface area contributed by atoms with Crippen LogP contribution in [0.25, 0.3) is 0 Å². The fourth-order valence-corrected chi connectivity index (χ4v) is 3.77. The molecule has 0 aliphatic carbocycles. The molecule has 0 aliphatic heterocycles. The predicted octanol–water partition coefficient (Wildman–Crippen LogP) is 4.58. The second-order valence-corrected chi connectivity index (χ2v) is 7.11. The van der Waals surface area contributed by atoms with Gasteiger partial charge in [0.25, 0.3) is 0 Å². The Balaban J connectivity index is 1.94. The SMILES string of the molecule is Cc1ccc(CNCc2cc(Br)c(O)c(Br)c2)s1. The minimum absolute atomic E-state index is 0.243. The van der Waals surface area contributed by atoms with Gasteiger partial charge in [0.1, 0.15) is 5.75 Å². The van der Waals surface area contributed by atoms with Crippen LogP contribution < -0.4 is 5.32 Å². The van der Waals surface area contributed by atoms with Crippen molar-refractivity contribution in [1.82, 2.24) is 5.32 Å². The van der Waals surface area contributed by atoms with Crippen molar-refractivity contribution in [3.05, 3.63) is 48.5 Å². The third-order valence-corrected chi connectivity index (χ3v) is 4.71. The molecule has 5 heteroatoms. The van der Waals surface area contributed by atoms with Gasteiger partial charge >= 0.3 is 0 Å². The van der Waals surface area contributed by atoms with Crippen molar-refractivity contribution in [2.75, 3.05) is 0 Å². The van der Waals surface area contributed by atoms with E-state index in [1.807, 2.05) is 23.5 Å². The summed E-state index contributed by atoms with van der Waals surface area (Å²) < 4.78 is 1.42. The molecule has 1 aromatic heterocycles. The lowest BCUT2D eigenvalue weighted by atomic mass is 10.2. The number of hydrogen-bond donors (Lipinski definition) is 2. The van der Waals surface area contributed by atoms with Crippen LogP contribution in [0.1, 0.15) is 15.3 Å². The third kappa shape index (κ3) is 3.57. The summed E-state index contributed by atoms with van der Waals surface area (Å²) in [7, 11) is 0. The van der Waals surface area contributed by atoms with Crippen LogP contribution in [0, 0.1) is 6.92 Å². The van der Waals surface area contributed by atoms with E-state index in [9.17, 15) is 5.11 Å². The maximum absolute atomic E-state index is 9.62. The molecule has 18 heavy (non-hydrogen) atoms. The number of thiophene rings is 1. The third-order valence-electron chi connectivity index (χ3n) is 2.50. The highest BCUT2D eigenvalue weighted by Gasteiger charge is 2.05. The second-order valence-electron chi connectivity index (χ2n) is 4.02. The Hall–Kier alpha value is -0.360. The highest BCUT2D eigenvalue weighted by Crippen LogP contribution is 2.33. The number of rotatable bonds is 4.